The number of anilines is 1. The van der Waals surface area contributed by atoms with Crippen molar-refractivity contribution in [2.24, 2.45) is 5.92 Å². The van der Waals surface area contributed by atoms with Gasteiger partial charge in [0.15, 0.2) is 0 Å². The van der Waals surface area contributed by atoms with E-state index in [1.165, 1.54) is 0 Å². The molecule has 3 nitrogen and oxygen atoms in total. The summed E-state index contributed by atoms with van der Waals surface area (Å²) in [6, 6.07) is 16.0. The zero-order valence-electron chi connectivity index (χ0n) is 11.7. The van der Waals surface area contributed by atoms with Crippen molar-refractivity contribution in [2.75, 3.05) is 4.72 Å². The first kappa shape index (κ1) is 14.6. The molecule has 0 aromatic heterocycles. The summed E-state index contributed by atoms with van der Waals surface area (Å²) in [4.78, 5) is 0.286. The Balaban J connectivity index is 2.17. The third kappa shape index (κ3) is 3.84. The Kier molecular flexibility index (Phi) is 4.45. The van der Waals surface area contributed by atoms with Crippen LogP contribution >= 0.6 is 0 Å². The molecule has 20 heavy (non-hydrogen) atoms. The molecule has 0 unspecified atom stereocenters. The molecular weight excluding hydrogens is 270 g/mol. The SMILES string of the molecule is CC(C)Cc1ccc(S(=O)(=O)Nc2ccccc2)cc1. The zero-order valence-corrected chi connectivity index (χ0v) is 12.5. The van der Waals surface area contributed by atoms with E-state index in [4.69, 9.17) is 0 Å². The average molecular weight is 289 g/mol. The van der Waals surface area contributed by atoms with E-state index in [2.05, 4.69) is 18.6 Å². The van der Waals surface area contributed by atoms with Crippen molar-refractivity contribution >= 4 is 15.7 Å². The van der Waals surface area contributed by atoms with Gasteiger partial charge in [0, 0.05) is 5.69 Å². The van der Waals surface area contributed by atoms with E-state index in [9.17, 15) is 8.42 Å². The van der Waals surface area contributed by atoms with E-state index >= 15 is 0 Å². The maximum atomic E-state index is 12.2. The fraction of sp³-hybridized carbons (Fsp3) is 0.250. The Bertz CT molecular complexity index is 647. The van der Waals surface area contributed by atoms with Gasteiger partial charge >= 0.3 is 0 Å². The summed E-state index contributed by atoms with van der Waals surface area (Å²) in [5, 5.41) is 0. The van der Waals surface area contributed by atoms with Crippen LogP contribution in [-0.4, -0.2) is 8.42 Å². The molecule has 0 atom stereocenters. The fourth-order valence-electron chi connectivity index (χ4n) is 2.00. The molecule has 0 spiro atoms. The van der Waals surface area contributed by atoms with Gasteiger partial charge in [0.05, 0.1) is 4.90 Å². The number of rotatable bonds is 5. The van der Waals surface area contributed by atoms with Crippen molar-refractivity contribution in [1.82, 2.24) is 0 Å². The van der Waals surface area contributed by atoms with E-state index in [0.29, 0.717) is 11.6 Å². The standard InChI is InChI=1S/C16H19NO2S/c1-13(2)12-14-8-10-16(11-9-14)20(18,19)17-15-6-4-3-5-7-15/h3-11,13,17H,12H2,1-2H3. The predicted octanol–water partition coefficient (Wildman–Crippen LogP) is 3.69. The average Bonchev–Trinajstić information content (AvgIpc) is 2.39. The van der Waals surface area contributed by atoms with Crippen LogP contribution in [0.2, 0.25) is 0 Å². The molecule has 106 valence electrons. The van der Waals surface area contributed by atoms with E-state index in [1.54, 1.807) is 36.4 Å². The molecule has 2 aromatic carbocycles. The van der Waals surface area contributed by atoms with Crippen molar-refractivity contribution in [1.29, 1.82) is 0 Å². The molecule has 0 heterocycles. The summed E-state index contributed by atoms with van der Waals surface area (Å²) in [6.07, 6.45) is 0.951. The van der Waals surface area contributed by atoms with Gasteiger partial charge in [0.1, 0.15) is 0 Å². The van der Waals surface area contributed by atoms with Gasteiger partial charge in [0.2, 0.25) is 0 Å². The Labute approximate surface area is 120 Å². The van der Waals surface area contributed by atoms with Gasteiger partial charge in [-0.25, -0.2) is 8.42 Å². The minimum absolute atomic E-state index is 0.286. The maximum absolute atomic E-state index is 12.2. The molecule has 0 saturated heterocycles. The van der Waals surface area contributed by atoms with E-state index in [0.717, 1.165) is 12.0 Å². The molecule has 0 fully saturated rings. The highest BCUT2D eigenvalue weighted by molar-refractivity contribution is 7.92. The van der Waals surface area contributed by atoms with Gasteiger partial charge in [-0.05, 0) is 42.2 Å². The molecule has 0 saturated carbocycles. The van der Waals surface area contributed by atoms with Crippen molar-refractivity contribution in [3.05, 3.63) is 60.2 Å². The van der Waals surface area contributed by atoms with E-state index in [1.807, 2.05) is 18.2 Å². The van der Waals surface area contributed by atoms with Crippen LogP contribution in [0.25, 0.3) is 0 Å². The Hall–Kier alpha value is -1.81. The van der Waals surface area contributed by atoms with Gasteiger partial charge in [-0.1, -0.05) is 44.2 Å². The monoisotopic (exact) mass is 289 g/mol. The van der Waals surface area contributed by atoms with Crippen LogP contribution < -0.4 is 4.72 Å². The summed E-state index contributed by atoms with van der Waals surface area (Å²) in [5.41, 5.74) is 1.72. The number of benzene rings is 2. The minimum atomic E-state index is -3.51. The largest absolute Gasteiger partial charge is 0.280 e. The molecule has 2 aromatic rings. The van der Waals surface area contributed by atoms with Crippen LogP contribution in [0, 0.1) is 5.92 Å². The van der Waals surface area contributed by atoms with Crippen molar-refractivity contribution in [3.8, 4) is 0 Å². The lowest BCUT2D eigenvalue weighted by atomic mass is 10.0. The molecule has 0 aliphatic rings. The summed E-state index contributed by atoms with van der Waals surface area (Å²) in [5.74, 6) is 0.555. The molecule has 0 aliphatic heterocycles. The van der Waals surface area contributed by atoms with Gasteiger partial charge in [-0.2, -0.15) is 0 Å². The van der Waals surface area contributed by atoms with Gasteiger partial charge < -0.3 is 0 Å². The minimum Gasteiger partial charge on any atom is -0.280 e. The fourth-order valence-corrected chi connectivity index (χ4v) is 3.05. The number of sulfonamides is 1. The quantitative estimate of drug-likeness (QED) is 0.912. The van der Waals surface area contributed by atoms with Gasteiger partial charge in [-0.15, -0.1) is 0 Å². The zero-order chi connectivity index (χ0) is 14.6. The highest BCUT2D eigenvalue weighted by atomic mass is 32.2. The number of hydrogen-bond acceptors (Lipinski definition) is 2. The first-order valence-corrected chi connectivity index (χ1v) is 8.12. The third-order valence-electron chi connectivity index (χ3n) is 2.90. The summed E-state index contributed by atoms with van der Waals surface area (Å²) >= 11 is 0. The van der Waals surface area contributed by atoms with E-state index in [-0.39, 0.29) is 4.90 Å². The molecule has 0 aliphatic carbocycles. The molecule has 2 rings (SSSR count). The van der Waals surface area contributed by atoms with Crippen LogP contribution in [0.3, 0.4) is 0 Å². The Morgan fingerprint density at radius 1 is 0.950 bits per heavy atom. The first-order valence-electron chi connectivity index (χ1n) is 6.64. The second kappa shape index (κ2) is 6.09. The van der Waals surface area contributed by atoms with Crippen LogP contribution in [0.5, 0.6) is 0 Å². The second-order valence-corrected chi connectivity index (χ2v) is 6.90. The van der Waals surface area contributed by atoms with Crippen LogP contribution in [-0.2, 0) is 16.4 Å². The highest BCUT2D eigenvalue weighted by Gasteiger charge is 2.13. The Morgan fingerprint density at radius 2 is 1.55 bits per heavy atom. The number of nitrogens with one attached hydrogen (secondary N) is 1. The van der Waals surface area contributed by atoms with Crippen LogP contribution in [0.1, 0.15) is 19.4 Å². The molecule has 1 N–H and O–H groups in total. The molecule has 0 radical (unpaired) electrons. The lowest BCUT2D eigenvalue weighted by Gasteiger charge is -2.09. The van der Waals surface area contributed by atoms with E-state index < -0.39 is 10.0 Å². The molecule has 4 heteroatoms. The number of hydrogen-bond donors (Lipinski definition) is 1. The van der Waals surface area contributed by atoms with Crippen LogP contribution in [0.4, 0.5) is 5.69 Å². The smallest absolute Gasteiger partial charge is 0.261 e. The van der Waals surface area contributed by atoms with Gasteiger partial charge in [-0.3, -0.25) is 4.72 Å². The molecular formula is C16H19NO2S. The van der Waals surface area contributed by atoms with Crippen molar-refractivity contribution in [3.63, 3.8) is 0 Å². The van der Waals surface area contributed by atoms with Gasteiger partial charge in [0.25, 0.3) is 10.0 Å². The lowest BCUT2D eigenvalue weighted by molar-refractivity contribution is 0.601. The number of para-hydroxylation sites is 1. The molecule has 0 amide bonds. The third-order valence-corrected chi connectivity index (χ3v) is 4.30. The lowest BCUT2D eigenvalue weighted by Crippen LogP contribution is -2.12. The first-order chi connectivity index (χ1) is 9.47. The summed E-state index contributed by atoms with van der Waals surface area (Å²) in [6.45, 7) is 4.28. The van der Waals surface area contributed by atoms with Crippen LogP contribution in [0.15, 0.2) is 59.5 Å². The maximum Gasteiger partial charge on any atom is 0.261 e. The van der Waals surface area contributed by atoms with Crippen molar-refractivity contribution < 1.29 is 8.42 Å². The summed E-state index contributed by atoms with van der Waals surface area (Å²) < 4.78 is 27.0. The topological polar surface area (TPSA) is 46.2 Å². The second-order valence-electron chi connectivity index (χ2n) is 5.21. The van der Waals surface area contributed by atoms with Crippen molar-refractivity contribution in [2.45, 2.75) is 25.2 Å². The Morgan fingerprint density at radius 3 is 2.10 bits per heavy atom. The summed E-state index contributed by atoms with van der Waals surface area (Å²) in [7, 11) is -3.51. The molecule has 0 bridgehead atoms. The highest BCUT2D eigenvalue weighted by Crippen LogP contribution is 2.17. The predicted molar refractivity (Wildman–Crippen MR) is 82.2 cm³/mol. The normalized spacial score (nSPS) is 11.6.